The van der Waals surface area contributed by atoms with Gasteiger partial charge in [0.1, 0.15) is 0 Å². The Labute approximate surface area is 116 Å². The van der Waals surface area contributed by atoms with Crippen LogP contribution in [0.4, 0.5) is 0 Å². The highest BCUT2D eigenvalue weighted by Crippen LogP contribution is 2.31. The smallest absolute Gasteiger partial charge is 0.305 e. The van der Waals surface area contributed by atoms with E-state index in [9.17, 15) is 9.59 Å². The van der Waals surface area contributed by atoms with E-state index in [0.717, 1.165) is 37.0 Å². The lowest BCUT2D eigenvalue weighted by atomic mass is 9.79. The van der Waals surface area contributed by atoms with Crippen LogP contribution in [0, 0.1) is 0 Å². The molecule has 5 heteroatoms. The fourth-order valence-electron chi connectivity index (χ4n) is 2.78. The zero-order valence-electron chi connectivity index (χ0n) is 10.9. The molecule has 0 aliphatic heterocycles. The van der Waals surface area contributed by atoms with Crippen LogP contribution in [0.3, 0.4) is 0 Å². The first-order chi connectivity index (χ1) is 9.10. The number of nitrogens with one attached hydrogen (secondary N) is 1. The highest BCUT2D eigenvalue weighted by Gasteiger charge is 2.35. The lowest BCUT2D eigenvalue weighted by Gasteiger charge is -2.37. The molecule has 1 aromatic rings. The van der Waals surface area contributed by atoms with Crippen molar-refractivity contribution in [2.75, 3.05) is 0 Å². The molecule has 1 saturated carbocycles. The molecule has 104 valence electrons. The summed E-state index contributed by atoms with van der Waals surface area (Å²) in [6, 6.07) is 3.84. The SMILES string of the molecule is O=C(O)CC1(NC(=O)Cc2cccs2)CCCCC1. The van der Waals surface area contributed by atoms with Crippen LogP contribution in [0.2, 0.25) is 0 Å². The van der Waals surface area contributed by atoms with E-state index in [2.05, 4.69) is 5.32 Å². The molecule has 2 N–H and O–H groups in total. The van der Waals surface area contributed by atoms with Crippen LogP contribution < -0.4 is 5.32 Å². The number of carbonyl (C=O) groups excluding carboxylic acids is 1. The molecule has 0 saturated heterocycles. The molecule has 1 aliphatic rings. The minimum absolute atomic E-state index is 0.0309. The van der Waals surface area contributed by atoms with E-state index < -0.39 is 11.5 Å². The van der Waals surface area contributed by atoms with Gasteiger partial charge in [0.2, 0.25) is 5.91 Å². The maximum absolute atomic E-state index is 12.1. The van der Waals surface area contributed by atoms with Crippen molar-refractivity contribution in [2.45, 2.75) is 50.5 Å². The maximum atomic E-state index is 12.1. The van der Waals surface area contributed by atoms with Crippen LogP contribution in [0.15, 0.2) is 17.5 Å². The number of rotatable bonds is 5. The summed E-state index contributed by atoms with van der Waals surface area (Å²) in [6.45, 7) is 0. The van der Waals surface area contributed by atoms with Gasteiger partial charge in [0.05, 0.1) is 18.4 Å². The summed E-state index contributed by atoms with van der Waals surface area (Å²) < 4.78 is 0. The topological polar surface area (TPSA) is 66.4 Å². The Hall–Kier alpha value is -1.36. The van der Waals surface area contributed by atoms with Crippen molar-refractivity contribution in [3.63, 3.8) is 0 Å². The van der Waals surface area contributed by atoms with Gasteiger partial charge >= 0.3 is 5.97 Å². The number of carboxylic acids is 1. The van der Waals surface area contributed by atoms with Crippen LogP contribution in [-0.2, 0) is 16.0 Å². The molecule has 1 aliphatic carbocycles. The van der Waals surface area contributed by atoms with E-state index in [-0.39, 0.29) is 12.3 Å². The third kappa shape index (κ3) is 4.06. The number of carboxylic acid groups (broad SMARTS) is 1. The molecule has 1 amide bonds. The van der Waals surface area contributed by atoms with Crippen molar-refractivity contribution >= 4 is 23.2 Å². The monoisotopic (exact) mass is 281 g/mol. The number of hydrogen-bond acceptors (Lipinski definition) is 3. The van der Waals surface area contributed by atoms with Gasteiger partial charge in [-0.1, -0.05) is 25.3 Å². The third-order valence-corrected chi connectivity index (χ3v) is 4.50. The van der Waals surface area contributed by atoms with Crippen molar-refractivity contribution < 1.29 is 14.7 Å². The van der Waals surface area contributed by atoms with Crippen molar-refractivity contribution in [1.82, 2.24) is 5.32 Å². The van der Waals surface area contributed by atoms with E-state index in [1.165, 1.54) is 0 Å². The van der Waals surface area contributed by atoms with Crippen LogP contribution in [-0.4, -0.2) is 22.5 Å². The van der Waals surface area contributed by atoms with Gasteiger partial charge in [-0.25, -0.2) is 0 Å². The van der Waals surface area contributed by atoms with Crippen LogP contribution in [0.5, 0.6) is 0 Å². The summed E-state index contributed by atoms with van der Waals surface area (Å²) in [5.41, 5.74) is -0.529. The molecule has 0 aromatic carbocycles. The van der Waals surface area contributed by atoms with Gasteiger partial charge in [-0.05, 0) is 24.3 Å². The van der Waals surface area contributed by atoms with E-state index in [1.807, 2.05) is 17.5 Å². The van der Waals surface area contributed by atoms with E-state index in [4.69, 9.17) is 5.11 Å². The molecule has 0 atom stereocenters. The predicted octanol–water partition coefficient (Wildman–Crippen LogP) is 2.58. The van der Waals surface area contributed by atoms with Gasteiger partial charge in [-0.2, -0.15) is 0 Å². The van der Waals surface area contributed by atoms with Crippen LogP contribution >= 0.6 is 11.3 Å². The summed E-state index contributed by atoms with van der Waals surface area (Å²) in [7, 11) is 0. The van der Waals surface area contributed by atoms with Crippen LogP contribution in [0.25, 0.3) is 0 Å². The molecule has 0 spiro atoms. The van der Waals surface area contributed by atoms with E-state index in [0.29, 0.717) is 6.42 Å². The zero-order chi connectivity index (χ0) is 13.7. The Morgan fingerprint density at radius 3 is 2.63 bits per heavy atom. The molecule has 2 rings (SSSR count). The summed E-state index contributed by atoms with van der Waals surface area (Å²) >= 11 is 1.55. The third-order valence-electron chi connectivity index (χ3n) is 3.62. The highest BCUT2D eigenvalue weighted by atomic mass is 32.1. The number of amides is 1. The molecular formula is C14H19NO3S. The fourth-order valence-corrected chi connectivity index (χ4v) is 3.48. The minimum Gasteiger partial charge on any atom is -0.481 e. The van der Waals surface area contributed by atoms with Gasteiger partial charge in [0.15, 0.2) is 0 Å². The molecule has 0 radical (unpaired) electrons. The molecule has 19 heavy (non-hydrogen) atoms. The fraction of sp³-hybridized carbons (Fsp3) is 0.571. The van der Waals surface area contributed by atoms with Gasteiger partial charge in [-0.15, -0.1) is 11.3 Å². The second-order valence-corrected chi connectivity index (χ2v) is 6.25. The molecule has 0 bridgehead atoms. The summed E-state index contributed by atoms with van der Waals surface area (Å²) in [6.07, 6.45) is 5.04. The van der Waals surface area contributed by atoms with Gasteiger partial charge in [-0.3, -0.25) is 9.59 Å². The van der Waals surface area contributed by atoms with Gasteiger partial charge in [0.25, 0.3) is 0 Å². The first-order valence-corrected chi connectivity index (χ1v) is 7.53. The standard InChI is InChI=1S/C14H19NO3S/c16-12(9-11-5-4-8-19-11)15-14(10-13(17)18)6-2-1-3-7-14/h4-5,8H,1-3,6-7,9-10H2,(H,15,16)(H,17,18). The minimum atomic E-state index is -0.835. The number of aliphatic carboxylic acids is 1. The van der Waals surface area contributed by atoms with Crippen molar-refractivity contribution in [3.8, 4) is 0 Å². The van der Waals surface area contributed by atoms with Crippen molar-refractivity contribution in [3.05, 3.63) is 22.4 Å². The molecule has 1 fully saturated rings. The van der Waals surface area contributed by atoms with Crippen molar-refractivity contribution in [1.29, 1.82) is 0 Å². The number of carbonyl (C=O) groups is 2. The van der Waals surface area contributed by atoms with E-state index in [1.54, 1.807) is 11.3 Å². The lowest BCUT2D eigenvalue weighted by Crippen LogP contribution is -2.51. The normalized spacial score (nSPS) is 17.9. The van der Waals surface area contributed by atoms with E-state index >= 15 is 0 Å². The molecule has 1 aromatic heterocycles. The summed E-state index contributed by atoms with van der Waals surface area (Å²) in [4.78, 5) is 24.1. The summed E-state index contributed by atoms with van der Waals surface area (Å²) in [5, 5.41) is 14.0. The Morgan fingerprint density at radius 2 is 2.05 bits per heavy atom. The van der Waals surface area contributed by atoms with Crippen molar-refractivity contribution in [2.24, 2.45) is 0 Å². The van der Waals surface area contributed by atoms with Crippen LogP contribution in [0.1, 0.15) is 43.4 Å². The predicted molar refractivity (Wildman–Crippen MR) is 74.2 cm³/mol. The average Bonchev–Trinajstić information content (AvgIpc) is 2.81. The molecule has 0 unspecified atom stereocenters. The van der Waals surface area contributed by atoms with Gasteiger partial charge in [0, 0.05) is 4.88 Å². The summed E-state index contributed by atoms with van der Waals surface area (Å²) in [5.74, 6) is -0.899. The Kier molecular flexibility index (Phi) is 4.58. The largest absolute Gasteiger partial charge is 0.481 e. The number of thiophene rings is 1. The second-order valence-electron chi connectivity index (χ2n) is 5.22. The first-order valence-electron chi connectivity index (χ1n) is 6.65. The Balaban J connectivity index is 1.98. The van der Waals surface area contributed by atoms with Gasteiger partial charge < -0.3 is 10.4 Å². The maximum Gasteiger partial charge on any atom is 0.305 e. The lowest BCUT2D eigenvalue weighted by molar-refractivity contribution is -0.139. The zero-order valence-corrected chi connectivity index (χ0v) is 11.7. The average molecular weight is 281 g/mol. The molecule has 4 nitrogen and oxygen atoms in total. The highest BCUT2D eigenvalue weighted by molar-refractivity contribution is 7.10. The Morgan fingerprint density at radius 1 is 1.32 bits per heavy atom. The first kappa shape index (κ1) is 14.1. The molecular weight excluding hydrogens is 262 g/mol. The number of hydrogen-bond donors (Lipinski definition) is 2. The quantitative estimate of drug-likeness (QED) is 0.871. The second kappa shape index (κ2) is 6.19. The Bertz CT molecular complexity index is 436. The molecule has 1 heterocycles.